The Morgan fingerprint density at radius 3 is 2.62 bits per heavy atom. The third-order valence-electron chi connectivity index (χ3n) is 4.70. The highest BCUT2D eigenvalue weighted by molar-refractivity contribution is 6.05. The molecule has 3 aromatic rings. The summed E-state index contributed by atoms with van der Waals surface area (Å²) < 4.78 is 0. The maximum Gasteiger partial charge on any atom is 0.250 e. The fourth-order valence-corrected chi connectivity index (χ4v) is 3.56. The molecule has 24 heavy (non-hydrogen) atoms. The molecule has 0 spiro atoms. The number of piperidine rings is 1. The van der Waals surface area contributed by atoms with Gasteiger partial charge in [-0.05, 0) is 31.4 Å². The van der Waals surface area contributed by atoms with Crippen molar-refractivity contribution in [3.8, 4) is 11.3 Å². The Labute approximate surface area is 140 Å². The fraction of sp³-hybridized carbons (Fsp3) is 0.263. The van der Waals surface area contributed by atoms with E-state index in [0.29, 0.717) is 5.56 Å². The van der Waals surface area contributed by atoms with Crippen LogP contribution in [0.15, 0.2) is 42.5 Å². The fourth-order valence-electron chi connectivity index (χ4n) is 3.56. The summed E-state index contributed by atoms with van der Waals surface area (Å²) in [5, 5.41) is 8.65. The molecule has 1 amide bonds. The average Bonchev–Trinajstić information content (AvgIpc) is 3.05. The number of anilines is 1. The minimum atomic E-state index is -0.391. The van der Waals surface area contributed by atoms with Crippen molar-refractivity contribution in [2.45, 2.75) is 19.3 Å². The smallest absolute Gasteiger partial charge is 0.250 e. The maximum absolute atomic E-state index is 12.0. The van der Waals surface area contributed by atoms with Crippen LogP contribution in [0.25, 0.3) is 22.2 Å². The van der Waals surface area contributed by atoms with Gasteiger partial charge in [0.2, 0.25) is 0 Å². The molecule has 0 bridgehead atoms. The summed E-state index contributed by atoms with van der Waals surface area (Å²) in [7, 11) is 0. The minimum absolute atomic E-state index is 0.391. The van der Waals surface area contributed by atoms with E-state index in [0.717, 1.165) is 53.8 Å². The van der Waals surface area contributed by atoms with Crippen molar-refractivity contribution in [1.82, 2.24) is 10.2 Å². The number of carbonyl (C=O) groups is 1. The van der Waals surface area contributed by atoms with Gasteiger partial charge >= 0.3 is 0 Å². The number of aromatic nitrogens is 2. The Kier molecular flexibility index (Phi) is 3.69. The molecule has 0 unspecified atom stereocenters. The number of para-hydroxylation sites is 2. The van der Waals surface area contributed by atoms with Gasteiger partial charge in [0.05, 0.1) is 16.8 Å². The van der Waals surface area contributed by atoms with Gasteiger partial charge < -0.3 is 10.6 Å². The van der Waals surface area contributed by atoms with Crippen LogP contribution in [0, 0.1) is 0 Å². The van der Waals surface area contributed by atoms with Crippen molar-refractivity contribution < 1.29 is 4.79 Å². The quantitative estimate of drug-likeness (QED) is 0.777. The first kappa shape index (κ1) is 14.8. The van der Waals surface area contributed by atoms with Crippen molar-refractivity contribution in [3.05, 3.63) is 48.0 Å². The van der Waals surface area contributed by atoms with E-state index < -0.39 is 5.91 Å². The van der Waals surface area contributed by atoms with Gasteiger partial charge in [-0.15, -0.1) is 0 Å². The molecule has 122 valence electrons. The second kappa shape index (κ2) is 6.00. The number of hydrogen-bond acceptors (Lipinski definition) is 3. The highest BCUT2D eigenvalue weighted by Crippen LogP contribution is 2.37. The average molecular weight is 320 g/mol. The number of carbonyl (C=O) groups excluding carboxylic acids is 1. The molecular formula is C19H20N4O. The van der Waals surface area contributed by atoms with Crippen molar-refractivity contribution in [1.29, 1.82) is 0 Å². The number of rotatable bonds is 3. The van der Waals surface area contributed by atoms with Crippen molar-refractivity contribution in [2.24, 2.45) is 5.73 Å². The van der Waals surface area contributed by atoms with Crippen molar-refractivity contribution in [2.75, 3.05) is 18.0 Å². The van der Waals surface area contributed by atoms with Gasteiger partial charge in [-0.2, -0.15) is 5.10 Å². The minimum Gasteiger partial charge on any atom is -0.370 e. The van der Waals surface area contributed by atoms with E-state index in [-0.39, 0.29) is 0 Å². The zero-order chi connectivity index (χ0) is 16.5. The molecule has 5 nitrogen and oxygen atoms in total. The molecule has 1 aromatic heterocycles. The number of fused-ring (bicyclic) bond motifs is 1. The largest absolute Gasteiger partial charge is 0.370 e. The van der Waals surface area contributed by atoms with Crippen LogP contribution in [0.4, 0.5) is 5.69 Å². The third kappa shape index (κ3) is 2.42. The summed E-state index contributed by atoms with van der Waals surface area (Å²) in [6.45, 7) is 1.89. The first-order chi connectivity index (χ1) is 11.8. The molecule has 1 aliphatic rings. The predicted molar refractivity (Wildman–Crippen MR) is 96.1 cm³/mol. The van der Waals surface area contributed by atoms with Gasteiger partial charge in [0.25, 0.3) is 5.91 Å². The molecule has 3 N–H and O–H groups in total. The lowest BCUT2D eigenvalue weighted by Crippen LogP contribution is -2.32. The number of nitrogens with zero attached hydrogens (tertiary/aromatic N) is 2. The van der Waals surface area contributed by atoms with E-state index in [2.05, 4.69) is 15.1 Å². The molecule has 1 fully saturated rings. The zero-order valence-electron chi connectivity index (χ0n) is 13.5. The first-order valence-electron chi connectivity index (χ1n) is 8.37. The van der Waals surface area contributed by atoms with Crippen LogP contribution in [0.2, 0.25) is 0 Å². The molecule has 4 rings (SSSR count). The maximum atomic E-state index is 12.0. The SMILES string of the molecule is NC(=O)c1cccc(-c2n[nH]c3ccccc23)c1N1CCCCC1. The van der Waals surface area contributed by atoms with Crippen LogP contribution >= 0.6 is 0 Å². The van der Waals surface area contributed by atoms with E-state index >= 15 is 0 Å². The van der Waals surface area contributed by atoms with Crippen molar-refractivity contribution in [3.63, 3.8) is 0 Å². The lowest BCUT2D eigenvalue weighted by Gasteiger charge is -2.31. The number of H-pyrrole nitrogens is 1. The van der Waals surface area contributed by atoms with E-state index in [4.69, 9.17) is 5.73 Å². The van der Waals surface area contributed by atoms with E-state index in [9.17, 15) is 4.79 Å². The van der Waals surface area contributed by atoms with Gasteiger partial charge in [0, 0.05) is 24.0 Å². The van der Waals surface area contributed by atoms with Crippen LogP contribution in [0.1, 0.15) is 29.6 Å². The summed E-state index contributed by atoms with van der Waals surface area (Å²) in [6.07, 6.45) is 3.50. The van der Waals surface area contributed by atoms with Gasteiger partial charge in [0.15, 0.2) is 0 Å². The number of amides is 1. The lowest BCUT2D eigenvalue weighted by molar-refractivity contribution is 0.100. The Bertz CT molecular complexity index is 893. The molecule has 2 heterocycles. The van der Waals surface area contributed by atoms with Crippen LogP contribution < -0.4 is 10.6 Å². The topological polar surface area (TPSA) is 75.0 Å². The molecule has 5 heteroatoms. The summed E-state index contributed by atoms with van der Waals surface area (Å²) in [4.78, 5) is 14.3. The van der Waals surface area contributed by atoms with E-state index in [1.165, 1.54) is 6.42 Å². The van der Waals surface area contributed by atoms with E-state index in [1.54, 1.807) is 0 Å². The third-order valence-corrected chi connectivity index (χ3v) is 4.70. The number of benzene rings is 2. The number of hydrogen-bond donors (Lipinski definition) is 2. The van der Waals surface area contributed by atoms with Gasteiger partial charge in [-0.1, -0.05) is 30.3 Å². The highest BCUT2D eigenvalue weighted by atomic mass is 16.1. The molecule has 0 radical (unpaired) electrons. The monoisotopic (exact) mass is 320 g/mol. The zero-order valence-corrected chi connectivity index (χ0v) is 13.5. The van der Waals surface area contributed by atoms with Gasteiger partial charge in [-0.3, -0.25) is 9.89 Å². The second-order valence-corrected chi connectivity index (χ2v) is 6.23. The molecule has 0 atom stereocenters. The predicted octanol–water partition coefficient (Wildman–Crippen LogP) is 3.32. The summed E-state index contributed by atoms with van der Waals surface area (Å²) in [5.41, 5.74) is 9.97. The van der Waals surface area contributed by atoms with Crippen LogP contribution in [0.3, 0.4) is 0 Å². The van der Waals surface area contributed by atoms with Crippen molar-refractivity contribution >= 4 is 22.5 Å². The van der Waals surface area contributed by atoms with Crippen LogP contribution in [0.5, 0.6) is 0 Å². The molecule has 1 aliphatic heterocycles. The van der Waals surface area contributed by atoms with Crippen LogP contribution in [-0.4, -0.2) is 29.2 Å². The standard InChI is InChI=1S/C19H20N4O/c20-19(24)15-9-6-8-14(18(15)23-11-4-1-5-12-23)17-13-7-2-3-10-16(13)21-22-17/h2-3,6-10H,1,4-5,11-12H2,(H2,20,24)(H,21,22). The lowest BCUT2D eigenvalue weighted by atomic mass is 9.98. The molecule has 1 saturated heterocycles. The van der Waals surface area contributed by atoms with Gasteiger partial charge in [-0.25, -0.2) is 0 Å². The molecule has 2 aromatic carbocycles. The van der Waals surface area contributed by atoms with E-state index in [1.807, 2.05) is 42.5 Å². The number of nitrogens with one attached hydrogen (secondary N) is 1. The Hall–Kier alpha value is -2.82. The number of aromatic amines is 1. The Morgan fingerprint density at radius 2 is 1.83 bits per heavy atom. The number of primary amides is 1. The second-order valence-electron chi connectivity index (χ2n) is 6.23. The summed E-state index contributed by atoms with van der Waals surface area (Å²) >= 11 is 0. The highest BCUT2D eigenvalue weighted by Gasteiger charge is 2.23. The number of nitrogens with two attached hydrogens (primary N) is 1. The normalized spacial score (nSPS) is 14.9. The van der Waals surface area contributed by atoms with Gasteiger partial charge in [0.1, 0.15) is 5.69 Å². The molecule has 0 aliphatic carbocycles. The summed E-state index contributed by atoms with van der Waals surface area (Å²) in [5.74, 6) is -0.391. The Balaban J connectivity index is 1.94. The molecule has 0 saturated carbocycles. The van der Waals surface area contributed by atoms with Crippen LogP contribution in [-0.2, 0) is 0 Å². The first-order valence-corrected chi connectivity index (χ1v) is 8.37. The summed E-state index contributed by atoms with van der Waals surface area (Å²) in [6, 6.07) is 13.8. The Morgan fingerprint density at radius 1 is 1.04 bits per heavy atom. The molecular weight excluding hydrogens is 300 g/mol.